The molecule has 0 unspecified atom stereocenters. The van der Waals surface area contributed by atoms with E-state index in [0.29, 0.717) is 10.5 Å². The number of rotatable bonds is 5. The van der Waals surface area contributed by atoms with E-state index in [-0.39, 0.29) is 5.82 Å². The van der Waals surface area contributed by atoms with Crippen molar-refractivity contribution in [2.75, 3.05) is 7.05 Å². The Balaban J connectivity index is 2.76. The Bertz CT molecular complexity index is 337. The summed E-state index contributed by atoms with van der Waals surface area (Å²) in [5.74, 6) is -0.185. The van der Waals surface area contributed by atoms with E-state index in [2.05, 4.69) is 41.7 Å². The Kier molecular flexibility index (Phi) is 5.42. The van der Waals surface area contributed by atoms with Gasteiger partial charge in [0, 0.05) is 12.6 Å². The van der Waals surface area contributed by atoms with Gasteiger partial charge in [0.05, 0.1) is 4.47 Å². The largest absolute Gasteiger partial charge is 0.299 e. The summed E-state index contributed by atoms with van der Waals surface area (Å²) in [7, 11) is 2.09. The monoisotopic (exact) mass is 287 g/mol. The Labute approximate surface area is 106 Å². The Morgan fingerprint density at radius 1 is 1.31 bits per heavy atom. The van der Waals surface area contributed by atoms with E-state index < -0.39 is 0 Å². The fraction of sp³-hybridized carbons (Fsp3) is 0.538. The second-order valence-corrected chi connectivity index (χ2v) is 4.89. The fourth-order valence-electron chi connectivity index (χ4n) is 1.98. The minimum Gasteiger partial charge on any atom is -0.299 e. The average molecular weight is 288 g/mol. The van der Waals surface area contributed by atoms with Gasteiger partial charge >= 0.3 is 0 Å². The standard InChI is InChI=1S/C13H19BrFN/c1-4-11(5-2)16(3)9-10-7-6-8-12(15)13(10)14/h6-8,11H,4-5,9H2,1-3H3. The molecule has 0 saturated carbocycles. The van der Waals surface area contributed by atoms with Crippen molar-refractivity contribution in [2.45, 2.75) is 39.3 Å². The summed E-state index contributed by atoms with van der Waals surface area (Å²) >= 11 is 3.30. The maximum absolute atomic E-state index is 13.3. The number of halogens is 2. The lowest BCUT2D eigenvalue weighted by Gasteiger charge is -2.26. The van der Waals surface area contributed by atoms with Crippen LogP contribution in [0.1, 0.15) is 32.3 Å². The van der Waals surface area contributed by atoms with Gasteiger partial charge in [-0.15, -0.1) is 0 Å². The van der Waals surface area contributed by atoms with Crippen molar-refractivity contribution in [2.24, 2.45) is 0 Å². The molecule has 1 rings (SSSR count). The van der Waals surface area contributed by atoms with Crippen molar-refractivity contribution >= 4 is 15.9 Å². The molecule has 0 amide bonds. The number of nitrogens with zero attached hydrogens (tertiary/aromatic N) is 1. The molecular weight excluding hydrogens is 269 g/mol. The zero-order valence-corrected chi connectivity index (χ0v) is 11.7. The summed E-state index contributed by atoms with van der Waals surface area (Å²) in [5, 5.41) is 0. The van der Waals surface area contributed by atoms with Crippen molar-refractivity contribution in [1.82, 2.24) is 4.90 Å². The van der Waals surface area contributed by atoms with Crippen LogP contribution in [0.3, 0.4) is 0 Å². The Hall–Kier alpha value is -0.410. The molecule has 0 aromatic heterocycles. The molecule has 0 N–H and O–H groups in total. The van der Waals surface area contributed by atoms with Crippen LogP contribution in [-0.4, -0.2) is 18.0 Å². The maximum Gasteiger partial charge on any atom is 0.137 e. The quantitative estimate of drug-likeness (QED) is 0.784. The summed E-state index contributed by atoms with van der Waals surface area (Å²) in [6, 6.07) is 5.77. The maximum atomic E-state index is 13.3. The summed E-state index contributed by atoms with van der Waals surface area (Å²) in [5.41, 5.74) is 1.01. The predicted octanol–water partition coefficient (Wildman–Crippen LogP) is 4.21. The van der Waals surface area contributed by atoms with Gasteiger partial charge in [-0.2, -0.15) is 0 Å². The first-order valence-corrected chi connectivity index (χ1v) is 6.52. The van der Waals surface area contributed by atoms with Crippen LogP contribution in [0.5, 0.6) is 0 Å². The molecule has 0 spiro atoms. The molecule has 0 aliphatic heterocycles. The van der Waals surface area contributed by atoms with Crippen molar-refractivity contribution in [1.29, 1.82) is 0 Å². The third-order valence-electron chi connectivity index (χ3n) is 3.02. The van der Waals surface area contributed by atoms with Gasteiger partial charge in [-0.3, -0.25) is 4.90 Å². The topological polar surface area (TPSA) is 3.24 Å². The molecular formula is C13H19BrFN. The molecule has 0 aliphatic rings. The van der Waals surface area contributed by atoms with Gasteiger partial charge in [-0.25, -0.2) is 4.39 Å². The van der Waals surface area contributed by atoms with Crippen molar-refractivity contribution in [3.05, 3.63) is 34.1 Å². The molecule has 0 heterocycles. The molecule has 0 radical (unpaired) electrons. The predicted molar refractivity (Wildman–Crippen MR) is 69.9 cm³/mol. The zero-order valence-electron chi connectivity index (χ0n) is 10.1. The Morgan fingerprint density at radius 2 is 1.94 bits per heavy atom. The van der Waals surface area contributed by atoms with Gasteiger partial charge in [-0.1, -0.05) is 26.0 Å². The van der Waals surface area contributed by atoms with E-state index in [1.807, 2.05) is 6.07 Å². The molecule has 3 heteroatoms. The van der Waals surface area contributed by atoms with E-state index in [0.717, 1.165) is 24.9 Å². The van der Waals surface area contributed by atoms with Crippen LogP contribution in [0.4, 0.5) is 4.39 Å². The van der Waals surface area contributed by atoms with Gasteiger partial charge in [0.1, 0.15) is 5.82 Å². The summed E-state index contributed by atoms with van der Waals surface area (Å²) in [6.45, 7) is 5.15. The first-order valence-electron chi connectivity index (χ1n) is 5.73. The van der Waals surface area contributed by atoms with E-state index in [1.54, 1.807) is 6.07 Å². The summed E-state index contributed by atoms with van der Waals surface area (Å²) < 4.78 is 13.9. The molecule has 90 valence electrons. The lowest BCUT2D eigenvalue weighted by atomic mass is 10.1. The Morgan fingerprint density at radius 3 is 2.50 bits per heavy atom. The fourth-order valence-corrected chi connectivity index (χ4v) is 2.37. The number of hydrogen-bond acceptors (Lipinski definition) is 1. The highest BCUT2D eigenvalue weighted by Crippen LogP contribution is 2.22. The van der Waals surface area contributed by atoms with Crippen LogP contribution >= 0.6 is 15.9 Å². The van der Waals surface area contributed by atoms with Crippen molar-refractivity contribution in [3.8, 4) is 0 Å². The van der Waals surface area contributed by atoms with E-state index in [4.69, 9.17) is 0 Å². The molecule has 0 atom stereocenters. The smallest absolute Gasteiger partial charge is 0.137 e. The second kappa shape index (κ2) is 6.36. The summed E-state index contributed by atoms with van der Waals surface area (Å²) in [4.78, 5) is 2.28. The zero-order chi connectivity index (χ0) is 12.1. The number of hydrogen-bond donors (Lipinski definition) is 0. The van der Waals surface area contributed by atoms with Gasteiger partial charge in [0.25, 0.3) is 0 Å². The van der Waals surface area contributed by atoms with Crippen LogP contribution in [-0.2, 0) is 6.54 Å². The molecule has 0 bridgehead atoms. The SMILES string of the molecule is CCC(CC)N(C)Cc1cccc(F)c1Br. The normalized spacial score (nSPS) is 11.4. The molecule has 16 heavy (non-hydrogen) atoms. The minimum absolute atomic E-state index is 0.185. The first-order chi connectivity index (χ1) is 7.60. The average Bonchev–Trinajstić information content (AvgIpc) is 2.26. The third-order valence-corrected chi connectivity index (χ3v) is 3.91. The van der Waals surface area contributed by atoms with Crippen LogP contribution in [0.25, 0.3) is 0 Å². The highest BCUT2D eigenvalue weighted by atomic mass is 79.9. The van der Waals surface area contributed by atoms with Gasteiger partial charge in [-0.05, 0) is 47.4 Å². The van der Waals surface area contributed by atoms with Crippen LogP contribution in [0.2, 0.25) is 0 Å². The minimum atomic E-state index is -0.185. The van der Waals surface area contributed by atoms with Crippen molar-refractivity contribution < 1.29 is 4.39 Å². The van der Waals surface area contributed by atoms with Crippen LogP contribution in [0.15, 0.2) is 22.7 Å². The van der Waals surface area contributed by atoms with E-state index >= 15 is 0 Å². The van der Waals surface area contributed by atoms with Gasteiger partial charge in [0.2, 0.25) is 0 Å². The van der Waals surface area contributed by atoms with Gasteiger partial charge in [0.15, 0.2) is 0 Å². The molecule has 1 aromatic rings. The highest BCUT2D eigenvalue weighted by Gasteiger charge is 2.13. The highest BCUT2D eigenvalue weighted by molar-refractivity contribution is 9.10. The molecule has 0 fully saturated rings. The molecule has 0 saturated heterocycles. The van der Waals surface area contributed by atoms with Crippen LogP contribution < -0.4 is 0 Å². The van der Waals surface area contributed by atoms with E-state index in [1.165, 1.54) is 6.07 Å². The van der Waals surface area contributed by atoms with Gasteiger partial charge < -0.3 is 0 Å². The number of benzene rings is 1. The molecule has 1 aromatic carbocycles. The lowest BCUT2D eigenvalue weighted by molar-refractivity contribution is 0.221. The third kappa shape index (κ3) is 3.29. The van der Waals surface area contributed by atoms with Crippen molar-refractivity contribution in [3.63, 3.8) is 0 Å². The molecule has 0 aliphatic carbocycles. The molecule has 1 nitrogen and oxygen atoms in total. The first kappa shape index (κ1) is 13.7. The van der Waals surface area contributed by atoms with E-state index in [9.17, 15) is 4.39 Å². The lowest BCUT2D eigenvalue weighted by Crippen LogP contribution is -2.30. The second-order valence-electron chi connectivity index (χ2n) is 4.10. The van der Waals surface area contributed by atoms with Crippen LogP contribution in [0, 0.1) is 5.82 Å². The summed E-state index contributed by atoms with van der Waals surface area (Å²) in [6.07, 6.45) is 2.25.